The maximum atomic E-state index is 5.62. The monoisotopic (exact) mass is 241 g/mol. The zero-order valence-electron chi connectivity index (χ0n) is 10.6. The molecule has 0 spiro atoms. The van der Waals surface area contributed by atoms with Gasteiger partial charge in [-0.1, -0.05) is 30.3 Å². The number of hydrogen-bond acceptors (Lipinski definition) is 2. The summed E-state index contributed by atoms with van der Waals surface area (Å²) >= 11 is 0. The molecule has 0 aromatic heterocycles. The number of ether oxygens (including phenoxy) is 1. The van der Waals surface area contributed by atoms with Gasteiger partial charge in [0.15, 0.2) is 0 Å². The summed E-state index contributed by atoms with van der Waals surface area (Å²) in [6, 6.07) is 15.0. The maximum Gasteiger partial charge on any atom is 0.0592 e. The molecule has 18 heavy (non-hydrogen) atoms. The molecule has 1 aliphatic rings. The van der Waals surface area contributed by atoms with Crippen molar-refractivity contribution in [1.82, 2.24) is 0 Å². The molecular weight excluding hydrogens is 222 g/mol. The molecular formula is C16H19NO. The van der Waals surface area contributed by atoms with Gasteiger partial charge in [-0.25, -0.2) is 0 Å². The highest BCUT2D eigenvalue weighted by Gasteiger charge is 2.14. The van der Waals surface area contributed by atoms with E-state index >= 15 is 0 Å². The summed E-state index contributed by atoms with van der Waals surface area (Å²) in [4.78, 5) is 0. The van der Waals surface area contributed by atoms with Crippen LogP contribution in [0.25, 0.3) is 10.8 Å². The second-order valence-electron chi connectivity index (χ2n) is 4.91. The number of anilines is 1. The fourth-order valence-electron chi connectivity index (χ4n) is 2.55. The van der Waals surface area contributed by atoms with Gasteiger partial charge in [-0.05, 0) is 42.2 Å². The second kappa shape index (κ2) is 5.40. The van der Waals surface area contributed by atoms with Crippen LogP contribution in [0.2, 0.25) is 0 Å². The van der Waals surface area contributed by atoms with Crippen molar-refractivity contribution in [3.63, 3.8) is 0 Å². The number of rotatable bonds is 4. The molecule has 0 aliphatic carbocycles. The highest BCUT2D eigenvalue weighted by molar-refractivity contribution is 5.85. The molecule has 0 bridgehead atoms. The first-order valence-corrected chi connectivity index (χ1v) is 6.76. The number of fused-ring (bicyclic) bond motifs is 1. The van der Waals surface area contributed by atoms with Crippen molar-refractivity contribution in [1.29, 1.82) is 0 Å². The lowest BCUT2D eigenvalue weighted by molar-refractivity contribution is 0.107. The summed E-state index contributed by atoms with van der Waals surface area (Å²) in [5, 5.41) is 6.07. The van der Waals surface area contributed by atoms with Crippen LogP contribution < -0.4 is 5.32 Å². The summed E-state index contributed by atoms with van der Waals surface area (Å²) < 4.78 is 5.62. The van der Waals surface area contributed by atoms with Crippen molar-refractivity contribution in [2.75, 3.05) is 18.5 Å². The summed E-state index contributed by atoms with van der Waals surface area (Å²) in [6.45, 7) is 1.93. The Balaban J connectivity index is 1.60. The molecule has 0 amide bonds. The maximum absolute atomic E-state index is 5.62. The Kier molecular flexibility index (Phi) is 3.47. The summed E-state index contributed by atoms with van der Waals surface area (Å²) in [7, 11) is 0. The van der Waals surface area contributed by atoms with Gasteiger partial charge in [0.25, 0.3) is 0 Å². The molecule has 3 rings (SSSR count). The van der Waals surface area contributed by atoms with Gasteiger partial charge in [-0.3, -0.25) is 0 Å². The first-order chi connectivity index (χ1) is 8.92. The van der Waals surface area contributed by atoms with Crippen molar-refractivity contribution in [3.8, 4) is 0 Å². The zero-order chi connectivity index (χ0) is 12.2. The summed E-state index contributed by atoms with van der Waals surface area (Å²) in [5.41, 5.74) is 1.20. The van der Waals surface area contributed by atoms with Crippen LogP contribution in [0.5, 0.6) is 0 Å². The Morgan fingerprint density at radius 1 is 1.11 bits per heavy atom. The van der Waals surface area contributed by atoms with E-state index in [2.05, 4.69) is 47.8 Å². The van der Waals surface area contributed by atoms with Crippen LogP contribution in [-0.2, 0) is 4.74 Å². The van der Waals surface area contributed by atoms with Crippen molar-refractivity contribution >= 4 is 16.5 Å². The molecule has 1 aliphatic heterocycles. The molecule has 1 unspecified atom stereocenters. The first kappa shape index (κ1) is 11.5. The highest BCUT2D eigenvalue weighted by Crippen LogP contribution is 2.20. The third-order valence-electron chi connectivity index (χ3n) is 3.57. The van der Waals surface area contributed by atoms with Crippen LogP contribution in [0.1, 0.15) is 19.3 Å². The molecule has 1 fully saturated rings. The fourth-order valence-corrected chi connectivity index (χ4v) is 2.55. The minimum atomic E-state index is 0.470. The van der Waals surface area contributed by atoms with Gasteiger partial charge in [0, 0.05) is 18.8 Å². The molecule has 2 aromatic rings. The van der Waals surface area contributed by atoms with E-state index in [1.54, 1.807) is 0 Å². The first-order valence-electron chi connectivity index (χ1n) is 6.76. The van der Waals surface area contributed by atoms with Crippen LogP contribution in [0.15, 0.2) is 42.5 Å². The quantitative estimate of drug-likeness (QED) is 0.878. The van der Waals surface area contributed by atoms with Gasteiger partial charge < -0.3 is 10.1 Å². The van der Waals surface area contributed by atoms with E-state index in [0.29, 0.717) is 6.10 Å². The normalized spacial score (nSPS) is 19.2. The van der Waals surface area contributed by atoms with Crippen LogP contribution in [-0.4, -0.2) is 19.3 Å². The van der Waals surface area contributed by atoms with Crippen molar-refractivity contribution in [3.05, 3.63) is 42.5 Å². The number of benzene rings is 2. The van der Waals surface area contributed by atoms with Gasteiger partial charge in [-0.15, -0.1) is 0 Å². The minimum absolute atomic E-state index is 0.470. The van der Waals surface area contributed by atoms with Crippen molar-refractivity contribution in [2.45, 2.75) is 25.4 Å². The molecule has 2 heteroatoms. The number of hydrogen-bond donors (Lipinski definition) is 1. The van der Waals surface area contributed by atoms with E-state index in [9.17, 15) is 0 Å². The molecule has 1 N–H and O–H groups in total. The molecule has 0 saturated carbocycles. The molecule has 2 aromatic carbocycles. The molecule has 0 radical (unpaired) electrons. The predicted molar refractivity (Wildman–Crippen MR) is 76.0 cm³/mol. The van der Waals surface area contributed by atoms with E-state index in [1.165, 1.54) is 29.3 Å². The van der Waals surface area contributed by atoms with Crippen molar-refractivity contribution < 1.29 is 4.74 Å². The van der Waals surface area contributed by atoms with E-state index in [-0.39, 0.29) is 0 Å². The summed E-state index contributed by atoms with van der Waals surface area (Å²) in [5.74, 6) is 0. The molecule has 1 heterocycles. The lowest BCUT2D eigenvalue weighted by Gasteiger charge is -2.11. The standard InChI is InChI=1S/C16H19NO/c1-2-5-14-12-15(8-7-13(14)4-1)17-10-9-16-6-3-11-18-16/h1-2,4-5,7-8,12,16-17H,3,6,9-11H2. The Morgan fingerprint density at radius 2 is 2.00 bits per heavy atom. The smallest absolute Gasteiger partial charge is 0.0592 e. The Hall–Kier alpha value is -1.54. The van der Waals surface area contributed by atoms with Gasteiger partial charge in [0.1, 0.15) is 0 Å². The average molecular weight is 241 g/mol. The lowest BCUT2D eigenvalue weighted by atomic mass is 10.1. The van der Waals surface area contributed by atoms with Crippen LogP contribution in [0.3, 0.4) is 0 Å². The second-order valence-corrected chi connectivity index (χ2v) is 4.91. The molecule has 1 saturated heterocycles. The Bertz CT molecular complexity index is 517. The van der Waals surface area contributed by atoms with E-state index in [0.717, 1.165) is 19.6 Å². The molecule has 1 atom stereocenters. The molecule has 94 valence electrons. The van der Waals surface area contributed by atoms with Crippen LogP contribution >= 0.6 is 0 Å². The Morgan fingerprint density at radius 3 is 2.83 bits per heavy atom. The minimum Gasteiger partial charge on any atom is -0.385 e. The number of nitrogens with one attached hydrogen (secondary N) is 1. The van der Waals surface area contributed by atoms with Gasteiger partial charge >= 0.3 is 0 Å². The predicted octanol–water partition coefficient (Wildman–Crippen LogP) is 3.82. The van der Waals surface area contributed by atoms with Crippen LogP contribution in [0.4, 0.5) is 5.69 Å². The van der Waals surface area contributed by atoms with Gasteiger partial charge in [0.2, 0.25) is 0 Å². The Labute approximate surface area is 108 Å². The van der Waals surface area contributed by atoms with E-state index < -0.39 is 0 Å². The van der Waals surface area contributed by atoms with Crippen LogP contribution in [0, 0.1) is 0 Å². The molecule has 2 nitrogen and oxygen atoms in total. The van der Waals surface area contributed by atoms with Gasteiger partial charge in [-0.2, -0.15) is 0 Å². The third kappa shape index (κ3) is 2.65. The average Bonchev–Trinajstić information content (AvgIpc) is 2.92. The summed E-state index contributed by atoms with van der Waals surface area (Å²) in [6.07, 6.45) is 4.02. The van der Waals surface area contributed by atoms with E-state index in [4.69, 9.17) is 4.74 Å². The van der Waals surface area contributed by atoms with E-state index in [1.807, 2.05) is 0 Å². The van der Waals surface area contributed by atoms with Gasteiger partial charge in [0.05, 0.1) is 6.10 Å². The fraction of sp³-hybridized carbons (Fsp3) is 0.375. The third-order valence-corrected chi connectivity index (χ3v) is 3.57. The lowest BCUT2D eigenvalue weighted by Crippen LogP contribution is -2.12. The van der Waals surface area contributed by atoms with Crippen molar-refractivity contribution in [2.24, 2.45) is 0 Å². The SMILES string of the molecule is c1ccc2cc(NCCC3CCCO3)ccc2c1. The largest absolute Gasteiger partial charge is 0.385 e. The topological polar surface area (TPSA) is 21.3 Å². The zero-order valence-corrected chi connectivity index (χ0v) is 10.6. The highest BCUT2D eigenvalue weighted by atomic mass is 16.5.